The largest absolute Gasteiger partial charge is 0.508 e. The summed E-state index contributed by atoms with van der Waals surface area (Å²) in [5.41, 5.74) is -2.12. The highest BCUT2D eigenvalue weighted by Gasteiger charge is 2.63. The summed E-state index contributed by atoms with van der Waals surface area (Å²) < 4.78 is 60.6. The average Bonchev–Trinajstić information content (AvgIpc) is 2.47. The number of aromatic hydroxyl groups is 1. The Morgan fingerprint density at radius 1 is 1.09 bits per heavy atom. The summed E-state index contributed by atoms with van der Waals surface area (Å²) in [5, 5.41) is 9.09. The molecule has 1 aliphatic carbocycles. The Bertz CT molecular complexity index is 660. The molecule has 0 atom stereocenters. The molecule has 1 aromatic rings. The first-order chi connectivity index (χ1) is 10.7. The molecule has 0 unspecified atom stereocenters. The molecule has 3 nitrogen and oxygen atoms in total. The van der Waals surface area contributed by atoms with E-state index < -0.39 is 29.0 Å². The Morgan fingerprint density at radius 2 is 1.70 bits per heavy atom. The van der Waals surface area contributed by atoms with Gasteiger partial charge in [-0.25, -0.2) is 4.79 Å². The number of rotatable bonds is 4. The van der Waals surface area contributed by atoms with E-state index in [9.17, 15) is 22.4 Å². The van der Waals surface area contributed by atoms with Crippen molar-refractivity contribution in [3.05, 3.63) is 47.6 Å². The molecule has 1 aromatic carbocycles. The number of hydrogen-bond donors (Lipinski definition) is 1. The zero-order valence-electron chi connectivity index (χ0n) is 12.2. The lowest BCUT2D eigenvalue weighted by atomic mass is 9.88. The second kappa shape index (κ2) is 6.06. The summed E-state index contributed by atoms with van der Waals surface area (Å²) in [7, 11) is 0. The number of hydrogen-bond acceptors (Lipinski definition) is 3. The number of carbonyl (C=O) groups is 1. The third kappa shape index (κ3) is 3.09. The third-order valence-electron chi connectivity index (χ3n) is 3.37. The zero-order valence-corrected chi connectivity index (χ0v) is 12.2. The predicted octanol–water partition coefficient (Wildman–Crippen LogP) is 4.23. The van der Waals surface area contributed by atoms with E-state index in [0.717, 1.165) is 18.2 Å². The number of halogens is 4. The van der Waals surface area contributed by atoms with Crippen LogP contribution in [0.15, 0.2) is 47.6 Å². The molecule has 0 aromatic heterocycles. The highest BCUT2D eigenvalue weighted by Crippen LogP contribution is 2.48. The maximum absolute atomic E-state index is 14.0. The van der Waals surface area contributed by atoms with E-state index in [-0.39, 0.29) is 24.3 Å². The van der Waals surface area contributed by atoms with Gasteiger partial charge in [-0.05, 0) is 36.8 Å². The Kier molecular flexibility index (Phi) is 4.49. The maximum Gasteiger partial charge on any atom is 0.346 e. The number of alkyl halides is 4. The molecule has 23 heavy (non-hydrogen) atoms. The number of carbonyl (C=O) groups excluding carboxylic acids is 1. The van der Waals surface area contributed by atoms with E-state index in [2.05, 4.69) is 4.74 Å². The van der Waals surface area contributed by atoms with E-state index in [1.165, 1.54) is 12.1 Å². The van der Waals surface area contributed by atoms with Gasteiger partial charge in [-0.3, -0.25) is 0 Å². The minimum absolute atomic E-state index is 0.120. The highest BCUT2D eigenvalue weighted by molar-refractivity contribution is 5.93. The third-order valence-corrected chi connectivity index (χ3v) is 3.37. The number of esters is 1. The van der Waals surface area contributed by atoms with Gasteiger partial charge in [-0.1, -0.05) is 19.4 Å². The standard InChI is InChI=1S/C16H14F4O3/c1-2-3-10-4-9-13(16(19,20)15(10,17)18)14(22)23-12-7-5-11(21)6-8-12/h4-9,21H,2-3H2,1H3. The molecular weight excluding hydrogens is 316 g/mol. The monoisotopic (exact) mass is 330 g/mol. The molecule has 0 saturated heterocycles. The molecule has 1 aliphatic rings. The first-order valence-corrected chi connectivity index (χ1v) is 6.88. The van der Waals surface area contributed by atoms with Crippen LogP contribution in [0.2, 0.25) is 0 Å². The molecule has 0 spiro atoms. The minimum Gasteiger partial charge on any atom is -0.508 e. The van der Waals surface area contributed by atoms with Crippen molar-refractivity contribution in [1.29, 1.82) is 0 Å². The summed E-state index contributed by atoms with van der Waals surface area (Å²) in [6.07, 6.45) is 1.59. The van der Waals surface area contributed by atoms with Gasteiger partial charge in [0.15, 0.2) is 0 Å². The topological polar surface area (TPSA) is 46.5 Å². The number of phenolic OH excluding ortho intramolecular Hbond substituents is 1. The van der Waals surface area contributed by atoms with Gasteiger partial charge in [0.25, 0.3) is 0 Å². The van der Waals surface area contributed by atoms with E-state index in [1.54, 1.807) is 6.92 Å². The van der Waals surface area contributed by atoms with Crippen LogP contribution in [0.25, 0.3) is 0 Å². The van der Waals surface area contributed by atoms with Gasteiger partial charge in [-0.2, -0.15) is 17.6 Å². The Morgan fingerprint density at radius 3 is 2.26 bits per heavy atom. The summed E-state index contributed by atoms with van der Waals surface area (Å²) >= 11 is 0. The molecule has 0 fully saturated rings. The number of benzene rings is 1. The lowest BCUT2D eigenvalue weighted by Crippen LogP contribution is -2.48. The lowest BCUT2D eigenvalue weighted by molar-refractivity contribution is -0.173. The predicted molar refractivity (Wildman–Crippen MR) is 74.7 cm³/mol. The van der Waals surface area contributed by atoms with Crippen LogP contribution in [0.1, 0.15) is 19.8 Å². The Balaban J connectivity index is 2.30. The summed E-state index contributed by atoms with van der Waals surface area (Å²) in [5.74, 6) is -10.9. The molecule has 0 amide bonds. The van der Waals surface area contributed by atoms with E-state index in [0.29, 0.717) is 6.08 Å². The van der Waals surface area contributed by atoms with Gasteiger partial charge in [0, 0.05) is 5.57 Å². The van der Waals surface area contributed by atoms with Crippen LogP contribution in [0.4, 0.5) is 17.6 Å². The van der Waals surface area contributed by atoms with Crippen molar-refractivity contribution in [3.63, 3.8) is 0 Å². The fourth-order valence-electron chi connectivity index (χ4n) is 2.15. The molecule has 0 radical (unpaired) electrons. The molecule has 7 heteroatoms. The van der Waals surface area contributed by atoms with Crippen LogP contribution < -0.4 is 4.74 Å². The fraction of sp³-hybridized carbons (Fsp3) is 0.312. The minimum atomic E-state index is -4.65. The van der Waals surface area contributed by atoms with Crippen LogP contribution in [0, 0.1) is 0 Å². The quantitative estimate of drug-likeness (QED) is 0.510. The average molecular weight is 330 g/mol. The van der Waals surface area contributed by atoms with Crippen molar-refractivity contribution >= 4 is 5.97 Å². The van der Waals surface area contributed by atoms with Crippen molar-refractivity contribution < 1.29 is 32.2 Å². The molecule has 2 rings (SSSR count). The van der Waals surface area contributed by atoms with Gasteiger partial charge >= 0.3 is 17.8 Å². The summed E-state index contributed by atoms with van der Waals surface area (Å²) in [4.78, 5) is 11.8. The van der Waals surface area contributed by atoms with E-state index in [4.69, 9.17) is 5.11 Å². The van der Waals surface area contributed by atoms with Crippen molar-refractivity contribution in [2.75, 3.05) is 0 Å². The molecule has 124 valence electrons. The van der Waals surface area contributed by atoms with Crippen molar-refractivity contribution in [2.24, 2.45) is 0 Å². The van der Waals surface area contributed by atoms with Crippen LogP contribution in [-0.2, 0) is 4.79 Å². The number of ether oxygens (including phenoxy) is 1. The van der Waals surface area contributed by atoms with Gasteiger partial charge in [-0.15, -0.1) is 0 Å². The van der Waals surface area contributed by atoms with Gasteiger partial charge in [0.05, 0.1) is 0 Å². The molecule has 0 saturated carbocycles. The van der Waals surface area contributed by atoms with Gasteiger partial charge in [0.2, 0.25) is 0 Å². The van der Waals surface area contributed by atoms with Crippen molar-refractivity contribution in [2.45, 2.75) is 31.6 Å². The van der Waals surface area contributed by atoms with Crippen LogP contribution in [-0.4, -0.2) is 22.9 Å². The first kappa shape index (κ1) is 17.1. The van der Waals surface area contributed by atoms with E-state index >= 15 is 0 Å². The first-order valence-electron chi connectivity index (χ1n) is 6.88. The number of allylic oxidation sites excluding steroid dienone is 3. The molecule has 1 N–H and O–H groups in total. The van der Waals surface area contributed by atoms with Crippen molar-refractivity contribution in [3.8, 4) is 11.5 Å². The van der Waals surface area contributed by atoms with Crippen LogP contribution in [0.3, 0.4) is 0 Å². The molecule has 0 bridgehead atoms. The van der Waals surface area contributed by atoms with Crippen molar-refractivity contribution in [1.82, 2.24) is 0 Å². The lowest BCUT2D eigenvalue weighted by Gasteiger charge is -2.32. The zero-order chi connectivity index (χ0) is 17.3. The smallest absolute Gasteiger partial charge is 0.346 e. The van der Waals surface area contributed by atoms with E-state index in [1.807, 2.05) is 0 Å². The number of phenols is 1. The Labute approximate surface area is 129 Å². The second-order valence-corrected chi connectivity index (χ2v) is 5.05. The molecule has 0 heterocycles. The SMILES string of the molecule is CCCC1=CC=C(C(=O)Oc2ccc(O)cc2)C(F)(F)C1(F)F. The van der Waals surface area contributed by atoms with Crippen LogP contribution >= 0.6 is 0 Å². The van der Waals surface area contributed by atoms with Gasteiger partial charge < -0.3 is 9.84 Å². The molecular formula is C16H14F4O3. The van der Waals surface area contributed by atoms with Crippen LogP contribution in [0.5, 0.6) is 11.5 Å². The maximum atomic E-state index is 14.0. The highest BCUT2D eigenvalue weighted by atomic mass is 19.3. The summed E-state index contributed by atoms with van der Waals surface area (Å²) in [6.45, 7) is 1.59. The molecule has 0 aliphatic heterocycles. The van der Waals surface area contributed by atoms with Gasteiger partial charge in [0.1, 0.15) is 17.1 Å². The fourth-order valence-corrected chi connectivity index (χ4v) is 2.15. The second-order valence-electron chi connectivity index (χ2n) is 5.05. The Hall–Kier alpha value is -2.31. The summed E-state index contributed by atoms with van der Waals surface area (Å²) in [6, 6.07) is 4.66. The normalized spacial score (nSPS) is 18.8.